The van der Waals surface area contributed by atoms with Crippen molar-refractivity contribution in [2.45, 2.75) is 6.54 Å². The number of carbonyl (C=O) groups is 1. The number of hydrogen-bond donors (Lipinski definition) is 0. The third-order valence-corrected chi connectivity index (χ3v) is 4.60. The van der Waals surface area contributed by atoms with E-state index in [1.165, 1.54) is 25.3 Å². The standard InChI is InChI=1S/C16H15BrFNO2S/c1-19(10-12-5-7-15(17)22-12)16(20)8-4-11-3-6-14(21-2)13(18)9-11/h3-9H,10H2,1-2H3/b8-4+. The number of hydrogen-bond acceptors (Lipinski definition) is 3. The van der Waals surface area contributed by atoms with Crippen molar-refractivity contribution in [1.29, 1.82) is 0 Å². The van der Waals surface area contributed by atoms with Crippen LogP contribution >= 0.6 is 27.3 Å². The van der Waals surface area contributed by atoms with Crippen molar-refractivity contribution in [2.75, 3.05) is 14.2 Å². The number of methoxy groups -OCH3 is 1. The molecule has 1 heterocycles. The number of halogens is 2. The van der Waals surface area contributed by atoms with Gasteiger partial charge in [-0.2, -0.15) is 0 Å². The van der Waals surface area contributed by atoms with Gasteiger partial charge in [0.25, 0.3) is 0 Å². The molecule has 116 valence electrons. The third-order valence-electron chi connectivity index (χ3n) is 2.99. The van der Waals surface area contributed by atoms with E-state index in [2.05, 4.69) is 15.9 Å². The van der Waals surface area contributed by atoms with Gasteiger partial charge in [-0.05, 0) is 51.8 Å². The Morgan fingerprint density at radius 1 is 1.41 bits per heavy atom. The van der Waals surface area contributed by atoms with Crippen LogP contribution in [-0.2, 0) is 11.3 Å². The Balaban J connectivity index is 1.99. The molecule has 0 atom stereocenters. The second kappa shape index (κ2) is 7.56. The Kier molecular flexibility index (Phi) is 5.74. The topological polar surface area (TPSA) is 29.5 Å². The van der Waals surface area contributed by atoms with Crippen LogP contribution in [0.3, 0.4) is 0 Å². The van der Waals surface area contributed by atoms with Crippen molar-refractivity contribution in [1.82, 2.24) is 4.90 Å². The second-order valence-corrected chi connectivity index (χ2v) is 7.18. The van der Waals surface area contributed by atoms with E-state index in [9.17, 15) is 9.18 Å². The lowest BCUT2D eigenvalue weighted by Crippen LogP contribution is -2.23. The molecule has 3 nitrogen and oxygen atoms in total. The van der Waals surface area contributed by atoms with Crippen LogP contribution in [0.5, 0.6) is 5.75 Å². The molecule has 22 heavy (non-hydrogen) atoms. The van der Waals surface area contributed by atoms with Crippen LogP contribution in [-0.4, -0.2) is 25.0 Å². The quantitative estimate of drug-likeness (QED) is 0.719. The number of ether oxygens (including phenoxy) is 1. The average molecular weight is 384 g/mol. The normalized spacial score (nSPS) is 10.9. The van der Waals surface area contributed by atoms with Crippen LogP contribution in [0.4, 0.5) is 4.39 Å². The minimum absolute atomic E-state index is 0.138. The van der Waals surface area contributed by atoms with Crippen LogP contribution in [0.25, 0.3) is 6.08 Å². The molecule has 0 unspecified atom stereocenters. The summed E-state index contributed by atoms with van der Waals surface area (Å²) in [6.45, 7) is 0.538. The molecule has 0 bridgehead atoms. The summed E-state index contributed by atoms with van der Waals surface area (Å²) in [5.74, 6) is -0.404. The van der Waals surface area contributed by atoms with Gasteiger partial charge in [0, 0.05) is 18.0 Å². The number of amides is 1. The van der Waals surface area contributed by atoms with Crippen molar-refractivity contribution in [3.63, 3.8) is 0 Å². The van der Waals surface area contributed by atoms with E-state index in [1.54, 1.807) is 35.4 Å². The van der Waals surface area contributed by atoms with Crippen LogP contribution < -0.4 is 4.74 Å². The molecule has 0 aliphatic heterocycles. The predicted molar refractivity (Wildman–Crippen MR) is 90.5 cm³/mol. The fraction of sp³-hybridized carbons (Fsp3) is 0.188. The number of thiophene rings is 1. The van der Waals surface area contributed by atoms with E-state index in [1.807, 2.05) is 12.1 Å². The Morgan fingerprint density at radius 3 is 2.77 bits per heavy atom. The minimum Gasteiger partial charge on any atom is -0.494 e. The summed E-state index contributed by atoms with van der Waals surface area (Å²) in [6.07, 6.45) is 3.02. The van der Waals surface area contributed by atoms with Crippen molar-refractivity contribution in [3.8, 4) is 5.75 Å². The van der Waals surface area contributed by atoms with Crippen LogP contribution in [0.2, 0.25) is 0 Å². The van der Waals surface area contributed by atoms with Gasteiger partial charge in [-0.25, -0.2) is 4.39 Å². The molecule has 0 aliphatic carbocycles. The molecule has 0 saturated heterocycles. The Hall–Kier alpha value is -1.66. The van der Waals surface area contributed by atoms with Crippen LogP contribution in [0, 0.1) is 5.82 Å². The van der Waals surface area contributed by atoms with Gasteiger partial charge in [0.2, 0.25) is 5.91 Å². The van der Waals surface area contributed by atoms with E-state index in [4.69, 9.17) is 4.74 Å². The molecule has 0 spiro atoms. The predicted octanol–water partition coefficient (Wildman–Crippen LogP) is 4.33. The molecule has 0 aliphatic rings. The summed E-state index contributed by atoms with van der Waals surface area (Å²) in [7, 11) is 3.14. The lowest BCUT2D eigenvalue weighted by atomic mass is 10.2. The van der Waals surface area contributed by atoms with E-state index in [-0.39, 0.29) is 11.7 Å². The molecule has 1 aromatic carbocycles. The van der Waals surface area contributed by atoms with Crippen molar-refractivity contribution in [2.24, 2.45) is 0 Å². The van der Waals surface area contributed by atoms with Crippen LogP contribution in [0.15, 0.2) is 40.2 Å². The Labute approximate surface area is 141 Å². The minimum atomic E-state index is -0.450. The van der Waals surface area contributed by atoms with Crippen molar-refractivity contribution < 1.29 is 13.9 Å². The highest BCUT2D eigenvalue weighted by Crippen LogP contribution is 2.23. The zero-order valence-corrected chi connectivity index (χ0v) is 14.6. The lowest BCUT2D eigenvalue weighted by Gasteiger charge is -2.13. The van der Waals surface area contributed by atoms with Gasteiger partial charge in [0.15, 0.2) is 11.6 Å². The van der Waals surface area contributed by atoms with Gasteiger partial charge in [0.1, 0.15) is 0 Å². The molecular weight excluding hydrogens is 369 g/mol. The van der Waals surface area contributed by atoms with E-state index in [0.29, 0.717) is 12.1 Å². The Bertz CT molecular complexity index is 699. The maximum Gasteiger partial charge on any atom is 0.246 e. The number of carbonyl (C=O) groups excluding carboxylic acids is 1. The molecule has 0 N–H and O–H groups in total. The van der Waals surface area contributed by atoms with Gasteiger partial charge in [-0.3, -0.25) is 4.79 Å². The zero-order chi connectivity index (χ0) is 16.1. The highest BCUT2D eigenvalue weighted by Gasteiger charge is 2.08. The molecule has 0 saturated carbocycles. The van der Waals surface area contributed by atoms with Crippen molar-refractivity contribution in [3.05, 3.63) is 56.5 Å². The smallest absolute Gasteiger partial charge is 0.246 e. The van der Waals surface area contributed by atoms with Gasteiger partial charge >= 0.3 is 0 Å². The molecule has 6 heteroatoms. The number of nitrogens with zero attached hydrogens (tertiary/aromatic N) is 1. The molecule has 1 amide bonds. The summed E-state index contributed by atoms with van der Waals surface area (Å²) in [5.41, 5.74) is 0.610. The van der Waals surface area contributed by atoms with E-state index < -0.39 is 5.82 Å². The van der Waals surface area contributed by atoms with Crippen LogP contribution in [0.1, 0.15) is 10.4 Å². The Morgan fingerprint density at radius 2 is 2.18 bits per heavy atom. The first-order valence-corrected chi connectivity index (χ1v) is 8.11. The molecule has 2 aromatic rings. The largest absolute Gasteiger partial charge is 0.494 e. The lowest BCUT2D eigenvalue weighted by molar-refractivity contribution is -0.125. The molecule has 2 rings (SSSR count). The first-order valence-electron chi connectivity index (χ1n) is 6.50. The summed E-state index contributed by atoms with van der Waals surface area (Å²) < 4.78 is 19.5. The summed E-state index contributed by atoms with van der Waals surface area (Å²) in [4.78, 5) is 14.7. The summed E-state index contributed by atoms with van der Waals surface area (Å²) >= 11 is 4.98. The molecule has 0 fully saturated rings. The average Bonchev–Trinajstić information content (AvgIpc) is 2.90. The molecular formula is C16H15BrFNO2S. The fourth-order valence-electron chi connectivity index (χ4n) is 1.83. The number of rotatable bonds is 5. The van der Waals surface area contributed by atoms with E-state index >= 15 is 0 Å². The number of benzene rings is 1. The number of likely N-dealkylation sites (N-methyl/N-ethyl adjacent to an activating group) is 1. The monoisotopic (exact) mass is 383 g/mol. The summed E-state index contributed by atoms with van der Waals surface area (Å²) in [5, 5.41) is 0. The van der Waals surface area contributed by atoms with Gasteiger partial charge in [-0.1, -0.05) is 6.07 Å². The maximum absolute atomic E-state index is 13.6. The van der Waals surface area contributed by atoms with Crippen molar-refractivity contribution >= 4 is 39.2 Å². The van der Waals surface area contributed by atoms with Gasteiger partial charge < -0.3 is 9.64 Å². The maximum atomic E-state index is 13.6. The molecule has 0 radical (unpaired) electrons. The molecule has 1 aromatic heterocycles. The second-order valence-electron chi connectivity index (χ2n) is 4.63. The highest BCUT2D eigenvalue weighted by molar-refractivity contribution is 9.11. The fourth-order valence-corrected chi connectivity index (χ4v) is 3.37. The first-order chi connectivity index (χ1) is 10.5. The zero-order valence-electron chi connectivity index (χ0n) is 12.2. The SMILES string of the molecule is COc1ccc(/C=C/C(=O)N(C)Cc2ccc(Br)s2)cc1F. The van der Waals surface area contributed by atoms with Gasteiger partial charge in [-0.15, -0.1) is 11.3 Å². The third kappa shape index (κ3) is 4.42. The van der Waals surface area contributed by atoms with Gasteiger partial charge in [0.05, 0.1) is 17.4 Å². The highest BCUT2D eigenvalue weighted by atomic mass is 79.9. The summed E-state index contributed by atoms with van der Waals surface area (Å²) in [6, 6.07) is 8.49. The van der Waals surface area contributed by atoms with E-state index in [0.717, 1.165) is 8.66 Å². The first kappa shape index (κ1) is 16.7.